The normalized spacial score (nSPS) is 14.8. The van der Waals surface area contributed by atoms with Gasteiger partial charge in [0.15, 0.2) is 0 Å². The zero-order chi connectivity index (χ0) is 33.0. The predicted molar refractivity (Wildman–Crippen MR) is 215 cm³/mol. The highest BCUT2D eigenvalue weighted by atomic mass is 32.1. The summed E-state index contributed by atoms with van der Waals surface area (Å²) < 4.78 is 3.96. The van der Waals surface area contributed by atoms with Crippen LogP contribution >= 0.6 is 11.3 Å². The Morgan fingerprint density at radius 2 is 1.40 bits per heavy atom. The van der Waals surface area contributed by atoms with Crippen molar-refractivity contribution in [2.24, 2.45) is 0 Å². The Hall–Kier alpha value is -5.58. The molecule has 9 aromatic rings. The molecule has 0 amide bonds. The summed E-state index contributed by atoms with van der Waals surface area (Å²) in [5.41, 5.74) is 17.4. The zero-order valence-corrected chi connectivity index (χ0v) is 28.9. The highest BCUT2D eigenvalue weighted by molar-refractivity contribution is 7.26. The van der Waals surface area contributed by atoms with Crippen LogP contribution in [0.4, 0.5) is 11.4 Å². The van der Waals surface area contributed by atoms with Gasteiger partial charge in [-0.2, -0.15) is 0 Å². The number of hydrogen-bond donors (Lipinski definition) is 0. The smallest absolute Gasteiger partial charge is 0.333 e. The molecule has 0 saturated carbocycles. The fourth-order valence-corrected chi connectivity index (χ4v) is 11.1. The molecule has 12 rings (SSSR count). The first-order valence-electron chi connectivity index (χ1n) is 17.6. The minimum absolute atomic E-state index is 0.0191. The van der Waals surface area contributed by atoms with Crippen molar-refractivity contribution in [3.8, 4) is 27.9 Å². The second-order valence-electron chi connectivity index (χ2n) is 15.0. The lowest BCUT2D eigenvalue weighted by molar-refractivity contribution is 0.660. The van der Waals surface area contributed by atoms with Gasteiger partial charge in [-0.05, 0) is 92.3 Å². The number of nitrogens with zero attached hydrogens (tertiary/aromatic N) is 2. The maximum Gasteiger partial charge on any atom is 0.333 e. The second kappa shape index (κ2) is 9.15. The van der Waals surface area contributed by atoms with E-state index in [-0.39, 0.29) is 12.3 Å². The first-order valence-corrected chi connectivity index (χ1v) is 18.5. The van der Waals surface area contributed by atoms with Crippen molar-refractivity contribution < 1.29 is 0 Å². The van der Waals surface area contributed by atoms with Crippen LogP contribution in [0.15, 0.2) is 133 Å². The number of rotatable bonds is 1. The van der Waals surface area contributed by atoms with Gasteiger partial charge in [0, 0.05) is 48.9 Å². The Balaban J connectivity index is 1.24. The average molecular weight is 655 g/mol. The molecule has 4 heterocycles. The molecule has 50 heavy (non-hydrogen) atoms. The van der Waals surface area contributed by atoms with Crippen molar-refractivity contribution in [2.75, 3.05) is 4.81 Å². The Labute approximate surface area is 294 Å². The van der Waals surface area contributed by atoms with Gasteiger partial charge in [-0.1, -0.05) is 117 Å². The van der Waals surface area contributed by atoms with E-state index in [0.717, 1.165) is 0 Å². The van der Waals surface area contributed by atoms with E-state index in [4.69, 9.17) is 0 Å². The van der Waals surface area contributed by atoms with Crippen molar-refractivity contribution in [1.29, 1.82) is 0 Å². The third-order valence-electron chi connectivity index (χ3n) is 12.0. The molecule has 0 spiro atoms. The molecule has 7 aromatic carbocycles. The van der Waals surface area contributed by atoms with E-state index in [0.29, 0.717) is 0 Å². The standard InChI is InChI=1S/C46H31BN2S/c1-26-23-34-41-29-12-5-4-11-27(29)19-22-38(41)49(28-20-21-31-30-13-6-8-16-35(30)46(2,3)36(31)25-28)47-37-17-10-15-33-42-32-14-7-9-18-40(32)50-45(42)48(44(33)37)39(24-26)43(34)47/h4-25H,1-3H3. The van der Waals surface area contributed by atoms with E-state index >= 15 is 0 Å². The van der Waals surface area contributed by atoms with Crippen molar-refractivity contribution in [1.82, 2.24) is 4.57 Å². The first kappa shape index (κ1) is 27.3. The first-order chi connectivity index (χ1) is 24.5. The van der Waals surface area contributed by atoms with E-state index in [2.05, 4.69) is 164 Å². The van der Waals surface area contributed by atoms with E-state index in [1.54, 1.807) is 0 Å². The molecule has 0 unspecified atom stereocenters. The zero-order valence-electron chi connectivity index (χ0n) is 28.1. The molecule has 0 saturated heterocycles. The number of aromatic nitrogens is 1. The maximum atomic E-state index is 2.68. The fraction of sp³-hybridized carbons (Fsp3) is 0.0870. The van der Waals surface area contributed by atoms with E-state index in [1.807, 2.05) is 11.3 Å². The maximum absolute atomic E-state index is 2.68. The summed E-state index contributed by atoms with van der Waals surface area (Å²) >= 11 is 1.93. The molecule has 1 aliphatic carbocycles. The monoisotopic (exact) mass is 654 g/mol. The minimum atomic E-state index is -0.0865. The van der Waals surface area contributed by atoms with Crippen LogP contribution in [-0.2, 0) is 5.41 Å². The van der Waals surface area contributed by atoms with Crippen LogP contribution in [-0.4, -0.2) is 11.4 Å². The number of aryl methyl sites for hydroxylation is 1. The summed E-state index contributed by atoms with van der Waals surface area (Å²) in [7, 11) is 0. The molecule has 2 aliphatic heterocycles. The molecule has 0 bridgehead atoms. The van der Waals surface area contributed by atoms with Crippen LogP contribution < -0.4 is 15.7 Å². The van der Waals surface area contributed by atoms with Crippen LogP contribution in [0.2, 0.25) is 0 Å². The summed E-state index contributed by atoms with van der Waals surface area (Å²) in [5.74, 6) is 0. The number of hydrogen-bond acceptors (Lipinski definition) is 2. The fourth-order valence-electron chi connectivity index (χ4n) is 9.91. The van der Waals surface area contributed by atoms with Crippen molar-refractivity contribution in [3.63, 3.8) is 0 Å². The van der Waals surface area contributed by atoms with Gasteiger partial charge in [-0.25, -0.2) is 0 Å². The van der Waals surface area contributed by atoms with Gasteiger partial charge in [0.2, 0.25) is 0 Å². The largest absolute Gasteiger partial charge is 0.376 e. The van der Waals surface area contributed by atoms with Gasteiger partial charge in [0.05, 0.1) is 5.52 Å². The molecule has 2 aromatic heterocycles. The Kier molecular flexibility index (Phi) is 4.99. The summed E-state index contributed by atoms with van der Waals surface area (Å²) in [6.45, 7) is 7.07. The van der Waals surface area contributed by atoms with Gasteiger partial charge in [-0.15, -0.1) is 11.3 Å². The highest BCUT2D eigenvalue weighted by Crippen LogP contribution is 2.52. The van der Waals surface area contributed by atoms with Crippen molar-refractivity contribution in [3.05, 3.63) is 150 Å². The summed E-state index contributed by atoms with van der Waals surface area (Å²) in [5, 5.41) is 6.65. The molecule has 3 aliphatic rings. The number of benzene rings is 7. The summed E-state index contributed by atoms with van der Waals surface area (Å²) in [6.07, 6.45) is 0. The molecule has 2 nitrogen and oxygen atoms in total. The van der Waals surface area contributed by atoms with E-state index < -0.39 is 0 Å². The van der Waals surface area contributed by atoms with Gasteiger partial charge in [0.1, 0.15) is 4.83 Å². The molecule has 0 atom stereocenters. The van der Waals surface area contributed by atoms with Crippen LogP contribution in [0.1, 0.15) is 30.5 Å². The SMILES string of the molecule is Cc1cc2c3c(c1)-n1c4sc5ccccc5c4c4cccc(c41)B3N(c1ccc3c(c1)C(C)(C)c1ccccc1-3)c1ccc3ccccc3c1-2. The lowest BCUT2D eigenvalue weighted by Crippen LogP contribution is -2.60. The van der Waals surface area contributed by atoms with E-state index in [9.17, 15) is 0 Å². The van der Waals surface area contributed by atoms with Gasteiger partial charge in [-0.3, -0.25) is 0 Å². The van der Waals surface area contributed by atoms with Crippen LogP contribution in [0.25, 0.3) is 69.9 Å². The second-order valence-corrected chi connectivity index (χ2v) is 16.0. The Morgan fingerprint density at radius 3 is 2.32 bits per heavy atom. The quantitative estimate of drug-likeness (QED) is 0.160. The van der Waals surface area contributed by atoms with Crippen LogP contribution in [0, 0.1) is 6.92 Å². The highest BCUT2D eigenvalue weighted by Gasteiger charge is 2.45. The number of thiophene rings is 1. The van der Waals surface area contributed by atoms with Gasteiger partial charge in [0.25, 0.3) is 0 Å². The molecule has 0 radical (unpaired) electrons. The van der Waals surface area contributed by atoms with Crippen LogP contribution in [0.5, 0.6) is 0 Å². The minimum Gasteiger partial charge on any atom is -0.376 e. The topological polar surface area (TPSA) is 8.17 Å². The van der Waals surface area contributed by atoms with Crippen LogP contribution in [0.3, 0.4) is 0 Å². The Bertz CT molecular complexity index is 3000. The number of para-hydroxylation sites is 1. The van der Waals surface area contributed by atoms with E-state index in [1.165, 1.54) is 109 Å². The van der Waals surface area contributed by atoms with Crippen molar-refractivity contribution in [2.45, 2.75) is 26.2 Å². The molecule has 0 N–H and O–H groups in total. The predicted octanol–water partition coefficient (Wildman–Crippen LogP) is 11.0. The molecular formula is C46H31BN2S. The molecule has 0 fully saturated rings. The van der Waals surface area contributed by atoms with Gasteiger partial charge < -0.3 is 9.38 Å². The number of fused-ring (bicyclic) bond motifs is 14. The lowest BCUT2D eigenvalue weighted by Gasteiger charge is -2.43. The average Bonchev–Trinajstić information content (AvgIpc) is 3.75. The lowest BCUT2D eigenvalue weighted by atomic mass is 9.43. The van der Waals surface area contributed by atoms with Gasteiger partial charge >= 0.3 is 6.85 Å². The molecule has 4 heteroatoms. The summed E-state index contributed by atoms with van der Waals surface area (Å²) in [6, 6.07) is 50.8. The summed E-state index contributed by atoms with van der Waals surface area (Å²) in [4.78, 5) is 4.02. The third kappa shape index (κ3) is 3.18. The Morgan fingerprint density at radius 1 is 0.620 bits per heavy atom. The number of anilines is 2. The molecule has 234 valence electrons. The third-order valence-corrected chi connectivity index (χ3v) is 13.1. The van der Waals surface area contributed by atoms with Crippen molar-refractivity contribution >= 4 is 82.5 Å². The molecular weight excluding hydrogens is 623 g/mol.